The van der Waals surface area contributed by atoms with Gasteiger partial charge < -0.3 is 14.5 Å². The number of piperidine rings is 1. The number of benzene rings is 1. The third kappa shape index (κ3) is 4.04. The lowest BCUT2D eigenvalue weighted by atomic mass is 9.96. The molecule has 0 saturated carbocycles. The maximum atomic E-state index is 12.3. The van der Waals surface area contributed by atoms with Crippen molar-refractivity contribution < 1.29 is 22.7 Å². The van der Waals surface area contributed by atoms with E-state index in [1.54, 1.807) is 29.2 Å². The highest BCUT2D eigenvalue weighted by Gasteiger charge is 2.34. The SMILES string of the molecule is CCN(CC)C(=O)COC(=O)C1CCN(C2=NS(=O)(=O)c3ccccc32)CC1. The van der Waals surface area contributed by atoms with Crippen LogP contribution in [-0.4, -0.2) is 68.7 Å². The summed E-state index contributed by atoms with van der Waals surface area (Å²) in [5, 5.41) is 0. The van der Waals surface area contributed by atoms with E-state index in [0.717, 1.165) is 0 Å². The Morgan fingerprint density at radius 1 is 1.18 bits per heavy atom. The van der Waals surface area contributed by atoms with Gasteiger partial charge >= 0.3 is 5.97 Å². The van der Waals surface area contributed by atoms with E-state index in [4.69, 9.17) is 4.74 Å². The molecule has 0 spiro atoms. The van der Waals surface area contributed by atoms with Crippen LogP contribution in [0.2, 0.25) is 0 Å². The van der Waals surface area contributed by atoms with Crippen LogP contribution in [0.3, 0.4) is 0 Å². The third-order valence-electron chi connectivity index (χ3n) is 5.19. The molecule has 0 unspecified atom stereocenters. The molecular formula is C19H25N3O5S. The molecule has 0 aliphatic carbocycles. The van der Waals surface area contributed by atoms with Crippen molar-refractivity contribution >= 4 is 27.7 Å². The molecule has 0 atom stereocenters. The van der Waals surface area contributed by atoms with Crippen molar-refractivity contribution in [2.45, 2.75) is 31.6 Å². The minimum Gasteiger partial charge on any atom is -0.455 e. The van der Waals surface area contributed by atoms with Crippen LogP contribution in [-0.2, 0) is 24.3 Å². The van der Waals surface area contributed by atoms with E-state index in [9.17, 15) is 18.0 Å². The molecule has 28 heavy (non-hydrogen) atoms. The van der Waals surface area contributed by atoms with Crippen LogP contribution in [0.25, 0.3) is 0 Å². The van der Waals surface area contributed by atoms with Crippen molar-refractivity contribution in [1.82, 2.24) is 9.80 Å². The first-order valence-electron chi connectivity index (χ1n) is 9.51. The van der Waals surface area contributed by atoms with Crippen molar-refractivity contribution in [3.05, 3.63) is 29.8 Å². The smallest absolute Gasteiger partial charge is 0.309 e. The highest BCUT2D eigenvalue weighted by Crippen LogP contribution is 2.29. The number of hydrogen-bond acceptors (Lipinski definition) is 6. The van der Waals surface area contributed by atoms with E-state index in [2.05, 4.69) is 4.40 Å². The zero-order valence-electron chi connectivity index (χ0n) is 16.1. The number of ether oxygens (including phenoxy) is 1. The number of sulfonamides is 1. The van der Waals surface area contributed by atoms with Crippen molar-refractivity contribution in [3.8, 4) is 0 Å². The van der Waals surface area contributed by atoms with Gasteiger partial charge in [0.1, 0.15) is 4.90 Å². The summed E-state index contributed by atoms with van der Waals surface area (Å²) in [5.41, 5.74) is 0.605. The molecule has 0 N–H and O–H groups in total. The number of hydrogen-bond donors (Lipinski definition) is 0. The maximum Gasteiger partial charge on any atom is 0.309 e. The van der Waals surface area contributed by atoms with E-state index >= 15 is 0 Å². The van der Waals surface area contributed by atoms with E-state index < -0.39 is 10.0 Å². The van der Waals surface area contributed by atoms with Gasteiger partial charge in [0.25, 0.3) is 15.9 Å². The summed E-state index contributed by atoms with van der Waals surface area (Å²) in [6.07, 6.45) is 1.05. The number of nitrogens with zero attached hydrogens (tertiary/aromatic N) is 3. The van der Waals surface area contributed by atoms with Gasteiger partial charge in [-0.1, -0.05) is 12.1 Å². The van der Waals surface area contributed by atoms with Gasteiger partial charge in [0.2, 0.25) is 0 Å². The third-order valence-corrected chi connectivity index (χ3v) is 6.52. The molecule has 0 radical (unpaired) electrons. The molecule has 152 valence electrons. The topological polar surface area (TPSA) is 96.3 Å². The molecule has 1 fully saturated rings. The quantitative estimate of drug-likeness (QED) is 0.682. The standard InChI is InChI=1S/C19H25N3O5S/c1-3-21(4-2)17(23)13-27-19(24)14-9-11-22(12-10-14)18-15-7-5-6-8-16(15)28(25,26)20-18/h5-8,14H,3-4,9-13H2,1-2H3. The van der Waals surface area contributed by atoms with Crippen molar-refractivity contribution in [2.24, 2.45) is 10.3 Å². The minimum atomic E-state index is -3.65. The summed E-state index contributed by atoms with van der Waals surface area (Å²) in [6.45, 7) is 5.69. The molecule has 2 aliphatic heterocycles. The Balaban J connectivity index is 1.57. The number of carbonyl (C=O) groups is 2. The molecule has 2 heterocycles. The minimum absolute atomic E-state index is 0.196. The van der Waals surface area contributed by atoms with Crippen LogP contribution in [0.4, 0.5) is 0 Å². The Labute approximate surface area is 165 Å². The van der Waals surface area contributed by atoms with Gasteiger partial charge in [0.05, 0.1) is 5.92 Å². The number of rotatable bonds is 5. The monoisotopic (exact) mass is 407 g/mol. The Morgan fingerprint density at radius 3 is 2.46 bits per heavy atom. The van der Waals surface area contributed by atoms with Crippen molar-refractivity contribution in [2.75, 3.05) is 32.8 Å². The van der Waals surface area contributed by atoms with Crippen LogP contribution in [0, 0.1) is 5.92 Å². The lowest BCUT2D eigenvalue weighted by molar-refractivity contribution is -0.156. The number of carbonyl (C=O) groups excluding carboxylic acids is 2. The lowest BCUT2D eigenvalue weighted by Crippen LogP contribution is -2.41. The summed E-state index contributed by atoms with van der Waals surface area (Å²) in [5.74, 6) is -0.423. The van der Waals surface area contributed by atoms with Crippen LogP contribution in [0.15, 0.2) is 33.6 Å². The fourth-order valence-electron chi connectivity index (χ4n) is 3.56. The number of amides is 1. The molecule has 0 aromatic heterocycles. The summed E-state index contributed by atoms with van der Waals surface area (Å²) in [7, 11) is -3.65. The molecule has 2 aliphatic rings. The summed E-state index contributed by atoms with van der Waals surface area (Å²) >= 11 is 0. The molecule has 3 rings (SSSR count). The molecule has 1 saturated heterocycles. The average molecular weight is 407 g/mol. The van der Waals surface area contributed by atoms with Crippen molar-refractivity contribution in [3.63, 3.8) is 0 Å². The van der Waals surface area contributed by atoms with E-state index in [-0.39, 0.29) is 29.3 Å². The first-order valence-corrected chi connectivity index (χ1v) is 10.9. The highest BCUT2D eigenvalue weighted by molar-refractivity contribution is 7.90. The zero-order valence-corrected chi connectivity index (χ0v) is 16.9. The van der Waals surface area contributed by atoms with Gasteiger partial charge in [-0.2, -0.15) is 8.42 Å². The zero-order chi connectivity index (χ0) is 20.3. The van der Waals surface area contributed by atoms with E-state index in [1.165, 1.54) is 0 Å². The predicted molar refractivity (Wildman–Crippen MR) is 103 cm³/mol. The number of amidine groups is 1. The van der Waals surface area contributed by atoms with E-state index in [0.29, 0.717) is 50.4 Å². The van der Waals surface area contributed by atoms with Gasteiger partial charge in [-0.15, -0.1) is 4.40 Å². The predicted octanol–water partition coefficient (Wildman–Crippen LogP) is 1.26. The van der Waals surface area contributed by atoms with Crippen LogP contribution >= 0.6 is 0 Å². The Bertz CT molecular complexity index is 885. The number of likely N-dealkylation sites (N-methyl/N-ethyl adjacent to an activating group) is 1. The van der Waals surface area contributed by atoms with Gasteiger partial charge in [-0.3, -0.25) is 9.59 Å². The second-order valence-electron chi connectivity index (χ2n) is 6.82. The lowest BCUT2D eigenvalue weighted by Gasteiger charge is -2.32. The fourth-order valence-corrected chi connectivity index (χ4v) is 4.79. The number of likely N-dealkylation sites (tertiary alicyclic amines) is 1. The highest BCUT2D eigenvalue weighted by atomic mass is 32.2. The van der Waals surface area contributed by atoms with Gasteiger partial charge in [-0.25, -0.2) is 0 Å². The van der Waals surface area contributed by atoms with Crippen LogP contribution in [0.5, 0.6) is 0 Å². The normalized spacial score (nSPS) is 18.4. The second kappa shape index (κ2) is 8.30. The van der Waals surface area contributed by atoms with E-state index in [1.807, 2.05) is 18.7 Å². The Kier molecular flexibility index (Phi) is 6.02. The van der Waals surface area contributed by atoms with Crippen LogP contribution < -0.4 is 0 Å². The summed E-state index contributed by atoms with van der Waals surface area (Å²) < 4.78 is 33.5. The Hall–Kier alpha value is -2.42. The first-order chi connectivity index (χ1) is 13.4. The molecule has 8 nitrogen and oxygen atoms in total. The molecule has 0 bridgehead atoms. The Morgan fingerprint density at radius 2 is 1.82 bits per heavy atom. The van der Waals surface area contributed by atoms with Gasteiger partial charge in [0.15, 0.2) is 12.4 Å². The molecular weight excluding hydrogens is 382 g/mol. The van der Waals surface area contributed by atoms with Crippen molar-refractivity contribution in [1.29, 1.82) is 0 Å². The molecule has 1 aromatic rings. The fraction of sp³-hybridized carbons (Fsp3) is 0.526. The average Bonchev–Trinajstić information content (AvgIpc) is 2.98. The second-order valence-corrected chi connectivity index (χ2v) is 8.39. The van der Waals surface area contributed by atoms with Gasteiger partial charge in [0, 0.05) is 31.7 Å². The summed E-state index contributed by atoms with van der Waals surface area (Å²) in [6, 6.07) is 6.76. The molecule has 9 heteroatoms. The first kappa shape index (κ1) is 20.3. The molecule has 1 aromatic carbocycles. The molecule has 1 amide bonds. The van der Waals surface area contributed by atoms with Crippen LogP contribution in [0.1, 0.15) is 32.3 Å². The van der Waals surface area contributed by atoms with Gasteiger partial charge in [-0.05, 0) is 38.8 Å². The summed E-state index contributed by atoms with van der Waals surface area (Å²) in [4.78, 5) is 28.0. The number of esters is 1. The number of fused-ring (bicyclic) bond motifs is 1. The largest absolute Gasteiger partial charge is 0.455 e. The maximum absolute atomic E-state index is 12.3.